The van der Waals surface area contributed by atoms with Gasteiger partial charge in [-0.1, -0.05) is 36.4 Å². The van der Waals surface area contributed by atoms with Gasteiger partial charge in [0.25, 0.3) is 0 Å². The number of nitrogens with zero attached hydrogens (tertiary/aromatic N) is 2. The molecule has 1 atom stereocenters. The topological polar surface area (TPSA) is 54.0 Å². The van der Waals surface area contributed by atoms with Gasteiger partial charge in [-0.05, 0) is 43.0 Å². The second-order valence-corrected chi connectivity index (χ2v) is 8.23. The van der Waals surface area contributed by atoms with Gasteiger partial charge in [0.05, 0.1) is 6.54 Å². The zero-order valence-electron chi connectivity index (χ0n) is 17.7. The highest BCUT2D eigenvalue weighted by molar-refractivity contribution is 5.78. The molecule has 0 spiro atoms. The molecule has 0 aliphatic carbocycles. The molecule has 6 heteroatoms. The van der Waals surface area contributed by atoms with E-state index in [1.165, 1.54) is 11.1 Å². The number of aryl methyl sites for hydroxylation is 1. The van der Waals surface area contributed by atoms with Gasteiger partial charge in [-0.15, -0.1) is 0 Å². The fraction of sp³-hybridized carbons (Fsp3) is 0.458. The Morgan fingerprint density at radius 1 is 0.967 bits per heavy atom. The van der Waals surface area contributed by atoms with E-state index in [2.05, 4.69) is 58.4 Å². The maximum absolute atomic E-state index is 12.4. The number of ether oxygens (including phenoxy) is 2. The van der Waals surface area contributed by atoms with Gasteiger partial charge in [0, 0.05) is 38.8 Å². The third-order valence-corrected chi connectivity index (χ3v) is 5.79. The molecule has 160 valence electrons. The number of carbonyl (C=O) groups excluding carboxylic acids is 1. The van der Waals surface area contributed by atoms with E-state index in [9.17, 15) is 4.79 Å². The van der Waals surface area contributed by atoms with Gasteiger partial charge in [0.2, 0.25) is 12.7 Å². The lowest BCUT2D eigenvalue weighted by molar-refractivity contribution is -0.123. The first-order valence-corrected chi connectivity index (χ1v) is 10.8. The summed E-state index contributed by atoms with van der Waals surface area (Å²) in [6.45, 7) is 7.53. The molecule has 2 aromatic rings. The van der Waals surface area contributed by atoms with Crippen molar-refractivity contribution in [1.82, 2.24) is 15.1 Å². The highest BCUT2D eigenvalue weighted by atomic mass is 16.7. The molecule has 0 unspecified atom stereocenters. The van der Waals surface area contributed by atoms with E-state index in [1.807, 2.05) is 12.1 Å². The quantitative estimate of drug-likeness (QED) is 0.727. The normalized spacial score (nSPS) is 17.6. The Kier molecular flexibility index (Phi) is 6.87. The summed E-state index contributed by atoms with van der Waals surface area (Å²) in [4.78, 5) is 17.1. The van der Waals surface area contributed by atoms with Crippen molar-refractivity contribution in [2.24, 2.45) is 0 Å². The van der Waals surface area contributed by atoms with Crippen LogP contribution >= 0.6 is 0 Å². The van der Waals surface area contributed by atoms with Crippen LogP contribution in [0.15, 0.2) is 48.5 Å². The predicted molar refractivity (Wildman–Crippen MR) is 117 cm³/mol. The van der Waals surface area contributed by atoms with Crippen molar-refractivity contribution >= 4 is 5.91 Å². The molecule has 2 aliphatic rings. The summed E-state index contributed by atoms with van der Waals surface area (Å²) in [5, 5.41) is 3.15. The van der Waals surface area contributed by atoms with E-state index in [0.29, 0.717) is 13.3 Å². The van der Waals surface area contributed by atoms with E-state index in [-0.39, 0.29) is 11.9 Å². The average molecular weight is 410 g/mol. The number of nitrogens with one attached hydrogen (secondary N) is 1. The molecule has 4 rings (SSSR count). The van der Waals surface area contributed by atoms with Gasteiger partial charge >= 0.3 is 0 Å². The lowest BCUT2D eigenvalue weighted by Crippen LogP contribution is -2.50. The largest absolute Gasteiger partial charge is 0.454 e. The van der Waals surface area contributed by atoms with Gasteiger partial charge in [-0.3, -0.25) is 14.6 Å². The van der Waals surface area contributed by atoms with Crippen LogP contribution in [0.4, 0.5) is 0 Å². The molecule has 0 saturated carbocycles. The minimum atomic E-state index is 0.125. The molecule has 1 saturated heterocycles. The number of fused-ring (bicyclic) bond motifs is 1. The fourth-order valence-electron chi connectivity index (χ4n) is 4.03. The zero-order valence-corrected chi connectivity index (χ0v) is 17.7. The molecule has 1 fully saturated rings. The summed E-state index contributed by atoms with van der Waals surface area (Å²) in [6.07, 6.45) is 1.94. The third-order valence-electron chi connectivity index (χ3n) is 5.79. The molecule has 30 heavy (non-hydrogen) atoms. The molecule has 0 bridgehead atoms. The Morgan fingerprint density at radius 3 is 2.50 bits per heavy atom. The number of benzene rings is 2. The maximum Gasteiger partial charge on any atom is 0.234 e. The number of carbonyl (C=O) groups is 1. The highest BCUT2D eigenvalue weighted by Crippen LogP contribution is 2.32. The molecular weight excluding hydrogens is 378 g/mol. The van der Waals surface area contributed by atoms with Crippen molar-refractivity contribution in [3.63, 3.8) is 0 Å². The second-order valence-electron chi connectivity index (χ2n) is 8.23. The van der Waals surface area contributed by atoms with E-state index in [1.54, 1.807) is 0 Å². The highest BCUT2D eigenvalue weighted by Gasteiger charge is 2.21. The van der Waals surface area contributed by atoms with Crippen molar-refractivity contribution in [2.75, 3.05) is 39.5 Å². The van der Waals surface area contributed by atoms with E-state index < -0.39 is 0 Å². The van der Waals surface area contributed by atoms with Crippen molar-refractivity contribution in [3.8, 4) is 11.5 Å². The summed E-state index contributed by atoms with van der Waals surface area (Å²) in [5.41, 5.74) is 2.55. The molecule has 2 heterocycles. The van der Waals surface area contributed by atoms with Crippen LogP contribution in [0.1, 0.15) is 24.5 Å². The van der Waals surface area contributed by atoms with Crippen molar-refractivity contribution in [2.45, 2.75) is 32.4 Å². The van der Waals surface area contributed by atoms with Crippen LogP contribution in [0, 0.1) is 0 Å². The van der Waals surface area contributed by atoms with Crippen LogP contribution in [-0.4, -0.2) is 61.3 Å². The molecule has 6 nitrogen and oxygen atoms in total. The molecule has 1 amide bonds. The number of amides is 1. The predicted octanol–water partition coefficient (Wildman–Crippen LogP) is 2.67. The van der Waals surface area contributed by atoms with Crippen molar-refractivity contribution < 1.29 is 14.3 Å². The number of piperazine rings is 1. The Bertz CT molecular complexity index is 835. The summed E-state index contributed by atoms with van der Waals surface area (Å²) >= 11 is 0. The van der Waals surface area contributed by atoms with Crippen molar-refractivity contribution in [3.05, 3.63) is 59.7 Å². The van der Waals surface area contributed by atoms with Crippen LogP contribution in [0.2, 0.25) is 0 Å². The SMILES string of the molecule is C[C@@H](CCc1ccccc1)NC(=O)CN1CCN(Cc2ccc3c(c2)OCO3)CC1. The summed E-state index contributed by atoms with van der Waals surface area (Å²) < 4.78 is 10.8. The van der Waals surface area contributed by atoms with Gasteiger partial charge in [0.1, 0.15) is 0 Å². The monoisotopic (exact) mass is 409 g/mol. The molecule has 0 radical (unpaired) electrons. The van der Waals surface area contributed by atoms with Gasteiger partial charge < -0.3 is 14.8 Å². The molecule has 2 aromatic carbocycles. The van der Waals surface area contributed by atoms with Gasteiger partial charge in [-0.2, -0.15) is 0 Å². The first-order valence-electron chi connectivity index (χ1n) is 10.8. The van der Waals surface area contributed by atoms with Crippen LogP contribution < -0.4 is 14.8 Å². The number of hydrogen-bond acceptors (Lipinski definition) is 5. The standard InChI is InChI=1S/C24H31N3O3/c1-19(7-8-20-5-3-2-4-6-20)25-24(28)17-27-13-11-26(12-14-27)16-21-9-10-22-23(15-21)30-18-29-22/h2-6,9-10,15,19H,7-8,11-14,16-18H2,1H3,(H,25,28)/t19-/m0/s1. The third kappa shape index (κ3) is 5.74. The smallest absolute Gasteiger partial charge is 0.234 e. The van der Waals surface area contributed by atoms with E-state index in [4.69, 9.17) is 9.47 Å². The molecular formula is C24H31N3O3. The number of hydrogen-bond donors (Lipinski definition) is 1. The fourth-order valence-corrected chi connectivity index (χ4v) is 4.03. The summed E-state index contributed by atoms with van der Waals surface area (Å²) in [5.74, 6) is 1.79. The Balaban J connectivity index is 1.15. The van der Waals surface area contributed by atoms with Gasteiger partial charge in [-0.25, -0.2) is 0 Å². The van der Waals surface area contributed by atoms with Crippen LogP contribution in [-0.2, 0) is 17.8 Å². The Hall–Kier alpha value is -2.57. The molecule has 2 aliphatic heterocycles. The first-order chi connectivity index (χ1) is 14.7. The van der Waals surface area contributed by atoms with Crippen LogP contribution in [0.25, 0.3) is 0 Å². The van der Waals surface area contributed by atoms with Crippen molar-refractivity contribution in [1.29, 1.82) is 0 Å². The lowest BCUT2D eigenvalue weighted by atomic mass is 10.1. The summed E-state index contributed by atoms with van der Waals surface area (Å²) in [7, 11) is 0. The van der Waals surface area contributed by atoms with E-state index >= 15 is 0 Å². The van der Waals surface area contributed by atoms with E-state index in [0.717, 1.165) is 57.1 Å². The second kappa shape index (κ2) is 9.96. The minimum absolute atomic E-state index is 0.125. The number of rotatable bonds is 8. The van der Waals surface area contributed by atoms with Gasteiger partial charge in [0.15, 0.2) is 11.5 Å². The zero-order chi connectivity index (χ0) is 20.8. The lowest BCUT2D eigenvalue weighted by Gasteiger charge is -2.34. The maximum atomic E-state index is 12.4. The molecule has 1 N–H and O–H groups in total. The Morgan fingerprint density at radius 2 is 1.70 bits per heavy atom. The first kappa shape index (κ1) is 20.7. The van der Waals surface area contributed by atoms with Crippen LogP contribution in [0.5, 0.6) is 11.5 Å². The minimum Gasteiger partial charge on any atom is -0.454 e. The molecule has 0 aromatic heterocycles. The summed E-state index contributed by atoms with van der Waals surface area (Å²) in [6, 6.07) is 16.8. The average Bonchev–Trinajstić information content (AvgIpc) is 3.22. The van der Waals surface area contributed by atoms with Crippen LogP contribution in [0.3, 0.4) is 0 Å². The Labute approximate surface area is 178 Å².